The highest BCUT2D eigenvalue weighted by Crippen LogP contribution is 2.22. The van der Waals surface area contributed by atoms with Crippen LogP contribution >= 0.6 is 0 Å². The molecule has 0 bridgehead atoms. The van der Waals surface area contributed by atoms with Crippen LogP contribution in [0.5, 0.6) is 0 Å². The highest BCUT2D eigenvalue weighted by atomic mass is 16.4. The van der Waals surface area contributed by atoms with E-state index in [1.54, 1.807) is 0 Å². The second-order valence-electron chi connectivity index (χ2n) is 3.66. The molecule has 1 aliphatic rings. The summed E-state index contributed by atoms with van der Waals surface area (Å²) in [5, 5.41) is 17.8. The fourth-order valence-corrected chi connectivity index (χ4v) is 2.05. The van der Waals surface area contributed by atoms with Crippen LogP contribution in [0.3, 0.4) is 0 Å². The molecule has 0 amide bonds. The first-order valence-electron chi connectivity index (χ1n) is 4.74. The number of likely N-dealkylation sites (tertiary alicyclic amines) is 1. The van der Waals surface area contributed by atoms with Crippen molar-refractivity contribution in [1.29, 1.82) is 0 Å². The number of nitrogens with zero attached hydrogens (tertiary/aromatic N) is 1. The number of carbonyl (C=O) groups is 1. The summed E-state index contributed by atoms with van der Waals surface area (Å²) >= 11 is 0. The first kappa shape index (κ1) is 10.5. The number of aliphatic hydroxyl groups excluding tert-OH is 1. The first-order valence-corrected chi connectivity index (χ1v) is 4.74. The van der Waals surface area contributed by atoms with Gasteiger partial charge in [-0.25, -0.2) is 0 Å². The number of carboxylic acids is 1. The highest BCUT2D eigenvalue weighted by molar-refractivity contribution is 5.74. The maximum absolute atomic E-state index is 10.9. The Kier molecular flexibility index (Phi) is 3.69. The Morgan fingerprint density at radius 2 is 2.31 bits per heavy atom. The molecule has 0 aromatic rings. The van der Waals surface area contributed by atoms with E-state index in [2.05, 4.69) is 0 Å². The summed E-state index contributed by atoms with van der Waals surface area (Å²) in [6.45, 7) is 3.27. The monoisotopic (exact) mass is 187 g/mol. The van der Waals surface area contributed by atoms with Crippen molar-refractivity contribution in [3.63, 3.8) is 0 Å². The molecule has 1 rings (SSSR count). The largest absolute Gasteiger partial charge is 0.480 e. The lowest BCUT2D eigenvalue weighted by Gasteiger charge is -2.36. The van der Waals surface area contributed by atoms with E-state index in [-0.39, 0.29) is 12.5 Å². The predicted octanol–water partition coefficient (Wildman–Crippen LogP) is 0.164. The van der Waals surface area contributed by atoms with E-state index in [1.807, 2.05) is 11.8 Å². The van der Waals surface area contributed by atoms with E-state index in [4.69, 9.17) is 10.2 Å². The van der Waals surface area contributed by atoms with Crippen molar-refractivity contribution in [3.05, 3.63) is 0 Å². The van der Waals surface area contributed by atoms with Crippen molar-refractivity contribution < 1.29 is 15.0 Å². The average Bonchev–Trinajstić information content (AvgIpc) is 2.04. The van der Waals surface area contributed by atoms with Crippen molar-refractivity contribution in [2.45, 2.75) is 25.8 Å². The van der Waals surface area contributed by atoms with Crippen molar-refractivity contribution in [2.24, 2.45) is 5.92 Å². The minimum Gasteiger partial charge on any atom is -0.480 e. The van der Waals surface area contributed by atoms with E-state index < -0.39 is 12.0 Å². The van der Waals surface area contributed by atoms with Crippen LogP contribution in [0.2, 0.25) is 0 Å². The third-order valence-electron chi connectivity index (χ3n) is 2.68. The molecule has 13 heavy (non-hydrogen) atoms. The van der Waals surface area contributed by atoms with E-state index in [0.29, 0.717) is 6.54 Å². The molecule has 0 aromatic carbocycles. The Morgan fingerprint density at radius 3 is 2.85 bits per heavy atom. The Labute approximate surface area is 78.2 Å². The lowest BCUT2D eigenvalue weighted by molar-refractivity contribution is -0.147. The van der Waals surface area contributed by atoms with Crippen LogP contribution in [0, 0.1) is 5.92 Å². The number of β-amino-alcohol motifs (C(OH)–C–C–N with tert-alkyl or cyclic N) is 1. The molecule has 0 saturated carbocycles. The van der Waals surface area contributed by atoms with Crippen molar-refractivity contribution >= 4 is 5.97 Å². The summed E-state index contributed by atoms with van der Waals surface area (Å²) in [6, 6.07) is -0.402. The summed E-state index contributed by atoms with van der Waals surface area (Å²) in [5.41, 5.74) is 0. The molecule has 0 aromatic heterocycles. The second kappa shape index (κ2) is 4.58. The van der Waals surface area contributed by atoms with Gasteiger partial charge in [-0.05, 0) is 25.3 Å². The molecule has 76 valence electrons. The molecule has 1 saturated heterocycles. The van der Waals surface area contributed by atoms with Crippen LogP contribution in [0.1, 0.15) is 19.8 Å². The van der Waals surface area contributed by atoms with Crippen LogP contribution in [0.15, 0.2) is 0 Å². The molecule has 0 aliphatic carbocycles. The third-order valence-corrected chi connectivity index (χ3v) is 2.68. The number of hydrogen-bond acceptors (Lipinski definition) is 3. The van der Waals surface area contributed by atoms with Crippen LogP contribution in [-0.2, 0) is 4.79 Å². The number of hydrogen-bond donors (Lipinski definition) is 2. The Balaban J connectivity index is 2.62. The molecule has 0 spiro atoms. The van der Waals surface area contributed by atoms with Gasteiger partial charge in [0, 0.05) is 6.54 Å². The van der Waals surface area contributed by atoms with Crippen LogP contribution in [0.4, 0.5) is 0 Å². The first-order chi connectivity index (χ1) is 6.16. The standard InChI is InChI=1S/C9H17NO3/c1-7-3-2-4-10(5-6-11)8(7)9(12)13/h7-8,11H,2-6H2,1H3,(H,12,13). The maximum Gasteiger partial charge on any atom is 0.321 e. The van der Waals surface area contributed by atoms with Gasteiger partial charge >= 0.3 is 5.97 Å². The third kappa shape index (κ3) is 2.42. The zero-order valence-corrected chi connectivity index (χ0v) is 7.94. The van der Waals surface area contributed by atoms with Gasteiger partial charge in [-0.3, -0.25) is 9.69 Å². The molecule has 4 nitrogen and oxygen atoms in total. The van der Waals surface area contributed by atoms with E-state index >= 15 is 0 Å². The summed E-state index contributed by atoms with van der Waals surface area (Å²) in [4.78, 5) is 12.8. The fraction of sp³-hybridized carbons (Fsp3) is 0.889. The minimum absolute atomic E-state index is 0.0382. The van der Waals surface area contributed by atoms with Gasteiger partial charge in [0.2, 0.25) is 0 Å². The molecule has 2 unspecified atom stereocenters. The van der Waals surface area contributed by atoms with Crippen LogP contribution < -0.4 is 0 Å². The second-order valence-corrected chi connectivity index (χ2v) is 3.66. The van der Waals surface area contributed by atoms with Gasteiger partial charge in [0.15, 0.2) is 0 Å². The van der Waals surface area contributed by atoms with E-state index in [0.717, 1.165) is 19.4 Å². The molecule has 0 radical (unpaired) electrons. The van der Waals surface area contributed by atoms with Gasteiger partial charge in [0.05, 0.1) is 6.61 Å². The number of carboxylic acid groups (broad SMARTS) is 1. The number of piperidine rings is 1. The SMILES string of the molecule is CC1CCCN(CCO)C1C(=O)O. The fourth-order valence-electron chi connectivity index (χ4n) is 2.05. The van der Waals surface area contributed by atoms with Crippen LogP contribution in [-0.4, -0.2) is 46.8 Å². The molecular formula is C9H17NO3. The van der Waals surface area contributed by atoms with Crippen molar-refractivity contribution in [2.75, 3.05) is 19.7 Å². The molecule has 4 heteroatoms. The van der Waals surface area contributed by atoms with Gasteiger partial charge < -0.3 is 10.2 Å². The molecule has 1 aliphatic heterocycles. The summed E-state index contributed by atoms with van der Waals surface area (Å²) in [5.74, 6) is -0.571. The molecule has 2 atom stereocenters. The summed E-state index contributed by atoms with van der Waals surface area (Å²) < 4.78 is 0. The number of aliphatic hydroxyl groups is 1. The number of rotatable bonds is 3. The molecule has 1 heterocycles. The topological polar surface area (TPSA) is 60.8 Å². The Morgan fingerprint density at radius 1 is 1.62 bits per heavy atom. The van der Waals surface area contributed by atoms with Crippen molar-refractivity contribution in [3.8, 4) is 0 Å². The lowest BCUT2D eigenvalue weighted by Crippen LogP contribution is -2.50. The molecule has 2 N–H and O–H groups in total. The quantitative estimate of drug-likeness (QED) is 0.661. The van der Waals surface area contributed by atoms with Gasteiger partial charge in [-0.2, -0.15) is 0 Å². The average molecular weight is 187 g/mol. The predicted molar refractivity (Wildman–Crippen MR) is 48.5 cm³/mol. The maximum atomic E-state index is 10.9. The Bertz CT molecular complexity index is 182. The van der Waals surface area contributed by atoms with Gasteiger partial charge in [-0.15, -0.1) is 0 Å². The van der Waals surface area contributed by atoms with Gasteiger partial charge in [0.25, 0.3) is 0 Å². The zero-order valence-electron chi connectivity index (χ0n) is 7.94. The minimum atomic E-state index is -0.763. The molecular weight excluding hydrogens is 170 g/mol. The lowest BCUT2D eigenvalue weighted by atomic mass is 9.91. The smallest absolute Gasteiger partial charge is 0.321 e. The number of aliphatic carboxylic acids is 1. The summed E-state index contributed by atoms with van der Waals surface area (Å²) in [7, 11) is 0. The van der Waals surface area contributed by atoms with E-state index in [9.17, 15) is 4.79 Å². The van der Waals surface area contributed by atoms with Crippen LogP contribution in [0.25, 0.3) is 0 Å². The van der Waals surface area contributed by atoms with Gasteiger partial charge in [-0.1, -0.05) is 6.92 Å². The highest BCUT2D eigenvalue weighted by Gasteiger charge is 2.33. The normalized spacial score (nSPS) is 30.3. The van der Waals surface area contributed by atoms with E-state index in [1.165, 1.54) is 0 Å². The Hall–Kier alpha value is -0.610. The summed E-state index contributed by atoms with van der Waals surface area (Å²) in [6.07, 6.45) is 2.00. The molecule has 1 fully saturated rings. The van der Waals surface area contributed by atoms with Crippen molar-refractivity contribution in [1.82, 2.24) is 4.90 Å². The van der Waals surface area contributed by atoms with Gasteiger partial charge in [0.1, 0.15) is 6.04 Å². The zero-order chi connectivity index (χ0) is 9.84.